The number of nitrogens with one attached hydrogen (secondary N) is 1. The molecular weight excluding hydrogens is 328 g/mol. The highest BCUT2D eigenvalue weighted by Crippen LogP contribution is 2.18. The lowest BCUT2D eigenvalue weighted by molar-refractivity contribution is 0.0946. The average Bonchev–Trinajstić information content (AvgIpc) is 3.00. The molecule has 0 spiro atoms. The smallest absolute Gasteiger partial charge is 0.271 e. The highest BCUT2D eigenvalue weighted by molar-refractivity contribution is 6.33. The molecule has 0 atom stereocenters. The summed E-state index contributed by atoms with van der Waals surface area (Å²) in [4.78, 5) is 20.7. The van der Waals surface area contributed by atoms with Crippen molar-refractivity contribution in [1.29, 1.82) is 0 Å². The summed E-state index contributed by atoms with van der Waals surface area (Å²) in [6.07, 6.45) is 1.76. The molecule has 3 rings (SSSR count). The second kappa shape index (κ2) is 7.31. The van der Waals surface area contributed by atoms with Crippen molar-refractivity contribution in [2.24, 2.45) is 0 Å². The molecule has 0 bridgehead atoms. The number of imidazole rings is 1. The van der Waals surface area contributed by atoms with Gasteiger partial charge in [-0.25, -0.2) is 9.97 Å². The van der Waals surface area contributed by atoms with E-state index in [1.165, 1.54) is 0 Å². The van der Waals surface area contributed by atoms with Gasteiger partial charge in [0, 0.05) is 19.2 Å². The molecule has 2 aromatic heterocycles. The van der Waals surface area contributed by atoms with Gasteiger partial charge in [0.1, 0.15) is 0 Å². The number of carbonyl (C=O) groups is 1. The van der Waals surface area contributed by atoms with Gasteiger partial charge in [0.25, 0.3) is 5.91 Å². The third kappa shape index (κ3) is 3.49. The molecule has 0 saturated heterocycles. The van der Waals surface area contributed by atoms with Crippen molar-refractivity contribution < 1.29 is 9.53 Å². The van der Waals surface area contributed by atoms with Gasteiger partial charge in [0.2, 0.25) is 5.88 Å². The molecule has 0 fully saturated rings. The minimum absolute atomic E-state index is 0.165. The van der Waals surface area contributed by atoms with Gasteiger partial charge in [-0.1, -0.05) is 23.7 Å². The van der Waals surface area contributed by atoms with Crippen molar-refractivity contribution in [3.8, 4) is 5.88 Å². The second-order valence-corrected chi connectivity index (χ2v) is 5.50. The van der Waals surface area contributed by atoms with Crippen LogP contribution in [0.15, 0.2) is 42.7 Å². The number of fused-ring (bicyclic) bond motifs is 1. The van der Waals surface area contributed by atoms with Crippen molar-refractivity contribution in [3.63, 3.8) is 0 Å². The third-order valence-corrected chi connectivity index (χ3v) is 3.80. The van der Waals surface area contributed by atoms with E-state index >= 15 is 0 Å². The number of amides is 1. The monoisotopic (exact) mass is 344 g/mol. The average molecular weight is 345 g/mol. The number of nitrogens with zero attached hydrogens (tertiary/aromatic N) is 3. The van der Waals surface area contributed by atoms with Gasteiger partial charge < -0.3 is 14.6 Å². The molecule has 0 saturated carbocycles. The molecule has 2 heterocycles. The Morgan fingerprint density at radius 2 is 2.12 bits per heavy atom. The maximum Gasteiger partial charge on any atom is 0.271 e. The number of ether oxygens (including phenoxy) is 1. The zero-order valence-corrected chi connectivity index (χ0v) is 14.0. The van der Waals surface area contributed by atoms with E-state index in [-0.39, 0.29) is 11.6 Å². The number of hydrogen-bond acceptors (Lipinski definition) is 4. The standard InChI is InChI=1S/C17H17ClN4O2/c1-2-24-15-8-7-12(18)16(21-15)17(23)19-9-10-22-11-20-13-5-3-4-6-14(13)22/h3-8,11H,2,9-10H2,1H3,(H,19,23). The Bertz CT molecular complexity index is 863. The molecule has 0 aliphatic carbocycles. The molecule has 6 nitrogen and oxygen atoms in total. The fourth-order valence-electron chi connectivity index (χ4n) is 2.37. The molecule has 124 valence electrons. The lowest BCUT2D eigenvalue weighted by Gasteiger charge is -2.09. The Kier molecular flexibility index (Phi) is 4.96. The van der Waals surface area contributed by atoms with E-state index in [1.807, 2.05) is 35.8 Å². The molecule has 1 amide bonds. The van der Waals surface area contributed by atoms with Crippen LogP contribution in [0.2, 0.25) is 5.02 Å². The van der Waals surface area contributed by atoms with Crippen molar-refractivity contribution in [1.82, 2.24) is 19.9 Å². The SMILES string of the molecule is CCOc1ccc(Cl)c(C(=O)NCCn2cnc3ccccc32)n1. The van der Waals surface area contributed by atoms with Crippen LogP contribution < -0.4 is 10.1 Å². The molecular formula is C17H17ClN4O2. The van der Waals surface area contributed by atoms with Crippen LogP contribution in [-0.2, 0) is 6.54 Å². The van der Waals surface area contributed by atoms with E-state index < -0.39 is 0 Å². The quantitative estimate of drug-likeness (QED) is 0.746. The fraction of sp³-hybridized carbons (Fsp3) is 0.235. The number of halogens is 1. The predicted molar refractivity (Wildman–Crippen MR) is 92.5 cm³/mol. The molecule has 0 unspecified atom stereocenters. The summed E-state index contributed by atoms with van der Waals surface area (Å²) in [5.74, 6) is 0.0543. The summed E-state index contributed by atoms with van der Waals surface area (Å²) < 4.78 is 7.29. The van der Waals surface area contributed by atoms with Crippen molar-refractivity contribution in [2.45, 2.75) is 13.5 Å². The van der Waals surface area contributed by atoms with Gasteiger partial charge in [-0.3, -0.25) is 4.79 Å². The first kappa shape index (κ1) is 16.3. The molecule has 0 aliphatic rings. The zero-order chi connectivity index (χ0) is 16.9. The molecule has 1 aromatic carbocycles. The van der Waals surface area contributed by atoms with Crippen LogP contribution in [0.3, 0.4) is 0 Å². The van der Waals surface area contributed by atoms with Gasteiger partial charge in [-0.2, -0.15) is 0 Å². The van der Waals surface area contributed by atoms with Crippen LogP contribution in [0, 0.1) is 0 Å². The largest absolute Gasteiger partial charge is 0.478 e. The first-order chi connectivity index (χ1) is 11.7. The maximum absolute atomic E-state index is 12.3. The summed E-state index contributed by atoms with van der Waals surface area (Å²) in [7, 11) is 0. The van der Waals surface area contributed by atoms with Gasteiger partial charge >= 0.3 is 0 Å². The first-order valence-corrected chi connectivity index (χ1v) is 8.04. The lowest BCUT2D eigenvalue weighted by Crippen LogP contribution is -2.28. The van der Waals surface area contributed by atoms with E-state index in [1.54, 1.807) is 18.5 Å². The summed E-state index contributed by atoms with van der Waals surface area (Å²) >= 11 is 6.05. The number of aromatic nitrogens is 3. The van der Waals surface area contributed by atoms with E-state index in [2.05, 4.69) is 15.3 Å². The number of hydrogen-bond donors (Lipinski definition) is 1. The van der Waals surface area contributed by atoms with Crippen molar-refractivity contribution in [3.05, 3.63) is 53.4 Å². The normalized spacial score (nSPS) is 10.8. The molecule has 0 aliphatic heterocycles. The first-order valence-electron chi connectivity index (χ1n) is 7.66. The minimum Gasteiger partial charge on any atom is -0.478 e. The number of carbonyl (C=O) groups excluding carboxylic acids is 1. The van der Waals surface area contributed by atoms with Crippen molar-refractivity contribution >= 4 is 28.5 Å². The van der Waals surface area contributed by atoms with E-state index in [4.69, 9.17) is 16.3 Å². The Balaban J connectivity index is 1.64. The Labute approximate surface area is 144 Å². The Morgan fingerprint density at radius 1 is 1.29 bits per heavy atom. The Hall–Kier alpha value is -2.60. The number of rotatable bonds is 6. The zero-order valence-electron chi connectivity index (χ0n) is 13.2. The molecule has 24 heavy (non-hydrogen) atoms. The number of pyridine rings is 1. The molecule has 1 N–H and O–H groups in total. The lowest BCUT2D eigenvalue weighted by atomic mass is 10.3. The minimum atomic E-state index is -0.328. The van der Waals surface area contributed by atoms with Gasteiger partial charge in [-0.05, 0) is 25.1 Å². The van der Waals surface area contributed by atoms with Crippen LogP contribution in [0.1, 0.15) is 17.4 Å². The van der Waals surface area contributed by atoms with Gasteiger partial charge in [-0.15, -0.1) is 0 Å². The van der Waals surface area contributed by atoms with Crippen molar-refractivity contribution in [2.75, 3.05) is 13.2 Å². The highest BCUT2D eigenvalue weighted by Gasteiger charge is 2.13. The number of benzene rings is 1. The number of para-hydroxylation sites is 2. The fourth-order valence-corrected chi connectivity index (χ4v) is 2.56. The molecule has 0 radical (unpaired) electrons. The summed E-state index contributed by atoms with van der Waals surface area (Å²) in [5.41, 5.74) is 2.12. The second-order valence-electron chi connectivity index (χ2n) is 5.10. The van der Waals surface area contributed by atoms with Crippen LogP contribution in [0.5, 0.6) is 5.88 Å². The van der Waals surface area contributed by atoms with Crippen LogP contribution in [0.4, 0.5) is 0 Å². The van der Waals surface area contributed by atoms with Gasteiger partial charge in [0.05, 0.1) is 29.0 Å². The molecule has 3 aromatic rings. The predicted octanol–water partition coefficient (Wildman–Crippen LogP) is 2.91. The van der Waals surface area contributed by atoms with E-state index in [9.17, 15) is 4.79 Å². The van der Waals surface area contributed by atoms with E-state index in [0.717, 1.165) is 11.0 Å². The Morgan fingerprint density at radius 3 is 2.96 bits per heavy atom. The summed E-state index contributed by atoms with van der Waals surface area (Å²) in [6, 6.07) is 11.1. The van der Waals surface area contributed by atoms with Gasteiger partial charge in [0.15, 0.2) is 5.69 Å². The van der Waals surface area contributed by atoms with E-state index in [0.29, 0.717) is 30.6 Å². The van der Waals surface area contributed by atoms with Crippen LogP contribution in [-0.4, -0.2) is 33.6 Å². The highest BCUT2D eigenvalue weighted by atomic mass is 35.5. The summed E-state index contributed by atoms with van der Waals surface area (Å²) in [6.45, 7) is 3.37. The third-order valence-electron chi connectivity index (χ3n) is 3.49. The molecule has 7 heteroatoms. The summed E-state index contributed by atoms with van der Waals surface area (Å²) in [5, 5.41) is 3.12. The van der Waals surface area contributed by atoms with Crippen LogP contribution in [0.25, 0.3) is 11.0 Å². The topological polar surface area (TPSA) is 69.0 Å². The maximum atomic E-state index is 12.3. The van der Waals surface area contributed by atoms with Crippen LogP contribution >= 0.6 is 11.6 Å².